The molecule has 7 heteroatoms. The summed E-state index contributed by atoms with van der Waals surface area (Å²) >= 11 is 0. The summed E-state index contributed by atoms with van der Waals surface area (Å²) in [5.74, 6) is 0.744. The van der Waals surface area contributed by atoms with E-state index in [1.807, 2.05) is 41.9 Å². The van der Waals surface area contributed by atoms with Gasteiger partial charge in [-0.2, -0.15) is 0 Å². The Morgan fingerprint density at radius 3 is 2.40 bits per heavy atom. The molecule has 2 heterocycles. The van der Waals surface area contributed by atoms with E-state index in [0.29, 0.717) is 12.1 Å². The summed E-state index contributed by atoms with van der Waals surface area (Å²) in [4.78, 5) is 19.5. The third-order valence-electron chi connectivity index (χ3n) is 8.22. The summed E-state index contributed by atoms with van der Waals surface area (Å²) in [6, 6.07) is 29.0. The largest absolute Gasteiger partial charge is 0.321 e. The SMILES string of the molecule is Cc1cccc2cc(C(c3nnnn3C3CCCCC3)N(CCc3ccccc3)Cc3ccccc3)c(=O)[nH]c12. The summed E-state index contributed by atoms with van der Waals surface area (Å²) in [6.45, 7) is 3.44. The number of aryl methyl sites for hydroxylation is 1. The monoisotopic (exact) mass is 532 g/mol. The highest BCUT2D eigenvalue weighted by Gasteiger charge is 2.33. The lowest BCUT2D eigenvalue weighted by atomic mass is 9.94. The number of aromatic amines is 1. The Bertz CT molecular complexity index is 1600. The van der Waals surface area contributed by atoms with Gasteiger partial charge in [0.05, 0.1) is 11.6 Å². The predicted molar refractivity (Wildman–Crippen MR) is 158 cm³/mol. The molecule has 1 N–H and O–H groups in total. The van der Waals surface area contributed by atoms with Crippen molar-refractivity contribution in [2.45, 2.75) is 64.1 Å². The summed E-state index contributed by atoms with van der Waals surface area (Å²) in [5.41, 5.74) is 4.95. The second kappa shape index (κ2) is 12.0. The van der Waals surface area contributed by atoms with Gasteiger partial charge in [0.1, 0.15) is 6.04 Å². The van der Waals surface area contributed by atoms with Crippen LogP contribution in [0.4, 0.5) is 0 Å². The van der Waals surface area contributed by atoms with E-state index in [4.69, 9.17) is 0 Å². The van der Waals surface area contributed by atoms with Gasteiger partial charge in [-0.15, -0.1) is 5.10 Å². The van der Waals surface area contributed by atoms with Crippen LogP contribution in [-0.4, -0.2) is 36.6 Å². The van der Waals surface area contributed by atoms with Gasteiger partial charge in [-0.3, -0.25) is 9.69 Å². The summed E-state index contributed by atoms with van der Waals surface area (Å²) in [7, 11) is 0. The van der Waals surface area contributed by atoms with E-state index in [1.54, 1.807) is 0 Å². The number of benzene rings is 3. The van der Waals surface area contributed by atoms with Crippen LogP contribution < -0.4 is 5.56 Å². The fourth-order valence-electron chi connectivity index (χ4n) is 6.10. The molecule has 0 spiro atoms. The second-order valence-electron chi connectivity index (χ2n) is 11.0. The molecule has 0 radical (unpaired) electrons. The third kappa shape index (κ3) is 5.61. The fourth-order valence-corrected chi connectivity index (χ4v) is 6.10. The molecule has 1 fully saturated rings. The number of fused-ring (bicyclic) bond motifs is 1. The zero-order valence-corrected chi connectivity index (χ0v) is 23.0. The minimum Gasteiger partial charge on any atom is -0.321 e. The van der Waals surface area contributed by atoms with Crippen molar-refractivity contribution in [2.24, 2.45) is 0 Å². The van der Waals surface area contributed by atoms with Crippen LogP contribution in [0.15, 0.2) is 89.7 Å². The molecule has 1 aliphatic rings. The highest BCUT2D eigenvalue weighted by molar-refractivity contribution is 5.82. The van der Waals surface area contributed by atoms with Gasteiger partial charge in [0.2, 0.25) is 0 Å². The predicted octanol–water partition coefficient (Wildman–Crippen LogP) is 6.16. The summed E-state index contributed by atoms with van der Waals surface area (Å²) in [5, 5.41) is 14.3. The molecular formula is C33H36N6O. The molecule has 1 unspecified atom stereocenters. The van der Waals surface area contributed by atoms with Crippen molar-refractivity contribution >= 4 is 10.9 Å². The van der Waals surface area contributed by atoms with Gasteiger partial charge in [-0.25, -0.2) is 4.68 Å². The van der Waals surface area contributed by atoms with Crippen molar-refractivity contribution in [3.63, 3.8) is 0 Å². The van der Waals surface area contributed by atoms with E-state index in [0.717, 1.165) is 48.1 Å². The number of aromatic nitrogens is 5. The number of nitrogens with one attached hydrogen (secondary N) is 1. The molecule has 3 aromatic carbocycles. The highest BCUT2D eigenvalue weighted by Crippen LogP contribution is 2.34. The van der Waals surface area contributed by atoms with E-state index in [9.17, 15) is 4.79 Å². The number of hydrogen-bond acceptors (Lipinski definition) is 5. The number of pyridine rings is 1. The normalized spacial score (nSPS) is 15.1. The Labute approximate surface area is 234 Å². The maximum Gasteiger partial charge on any atom is 0.253 e. The number of nitrogens with zero attached hydrogens (tertiary/aromatic N) is 5. The molecule has 40 heavy (non-hydrogen) atoms. The van der Waals surface area contributed by atoms with Gasteiger partial charge in [-0.1, -0.05) is 98.1 Å². The Balaban J connectivity index is 1.49. The molecule has 1 saturated carbocycles. The smallest absolute Gasteiger partial charge is 0.253 e. The number of tetrazole rings is 1. The third-order valence-corrected chi connectivity index (χ3v) is 8.22. The number of H-pyrrole nitrogens is 1. The zero-order valence-electron chi connectivity index (χ0n) is 23.0. The average molecular weight is 533 g/mol. The zero-order chi connectivity index (χ0) is 27.3. The van der Waals surface area contributed by atoms with Crippen LogP contribution in [0.25, 0.3) is 10.9 Å². The maximum absolute atomic E-state index is 13.9. The molecule has 2 aromatic heterocycles. The Hall–Kier alpha value is -4.10. The van der Waals surface area contributed by atoms with E-state index >= 15 is 0 Å². The molecule has 1 aliphatic carbocycles. The topological polar surface area (TPSA) is 79.7 Å². The fraction of sp³-hybridized carbons (Fsp3) is 0.333. The Morgan fingerprint density at radius 1 is 0.925 bits per heavy atom. The minimum atomic E-state index is -0.408. The quantitative estimate of drug-likeness (QED) is 0.246. The lowest BCUT2D eigenvalue weighted by Gasteiger charge is -2.33. The summed E-state index contributed by atoms with van der Waals surface area (Å²) in [6.07, 6.45) is 6.55. The molecule has 6 rings (SSSR count). The molecule has 0 aliphatic heterocycles. The van der Waals surface area contributed by atoms with E-state index in [2.05, 4.69) is 80.0 Å². The van der Waals surface area contributed by atoms with E-state index in [1.165, 1.54) is 30.4 Å². The van der Waals surface area contributed by atoms with Gasteiger partial charge in [0.15, 0.2) is 5.82 Å². The van der Waals surface area contributed by atoms with Crippen LogP contribution in [0.1, 0.15) is 72.3 Å². The molecule has 1 atom stereocenters. The molecule has 0 saturated heterocycles. The van der Waals surface area contributed by atoms with Crippen molar-refractivity contribution in [2.75, 3.05) is 6.54 Å². The molecular weight excluding hydrogens is 496 g/mol. The highest BCUT2D eigenvalue weighted by atomic mass is 16.1. The standard InChI is InChI=1S/C33H36N6O/c1-24-12-11-17-27-22-29(33(40)34-30(24)27)31(32-35-36-37-39(32)28-18-9-4-10-19-28)38(23-26-15-7-3-8-16-26)21-20-25-13-5-2-6-14-25/h2-3,5-8,11-17,22,28,31H,4,9-10,18-21,23H2,1H3,(H,34,40). The lowest BCUT2D eigenvalue weighted by molar-refractivity contribution is 0.197. The van der Waals surface area contributed by atoms with Gasteiger partial charge >= 0.3 is 0 Å². The van der Waals surface area contributed by atoms with Crippen LogP contribution in [0.2, 0.25) is 0 Å². The molecule has 0 bridgehead atoms. The van der Waals surface area contributed by atoms with Crippen LogP contribution in [0, 0.1) is 6.92 Å². The van der Waals surface area contributed by atoms with Crippen LogP contribution >= 0.6 is 0 Å². The van der Waals surface area contributed by atoms with E-state index in [-0.39, 0.29) is 11.6 Å². The Kier molecular flexibility index (Phi) is 7.82. The lowest BCUT2D eigenvalue weighted by Crippen LogP contribution is -2.37. The Morgan fingerprint density at radius 2 is 1.65 bits per heavy atom. The van der Waals surface area contributed by atoms with Gasteiger partial charge < -0.3 is 4.98 Å². The van der Waals surface area contributed by atoms with Crippen molar-refractivity contribution in [3.05, 3.63) is 123 Å². The molecule has 204 valence electrons. The van der Waals surface area contributed by atoms with E-state index < -0.39 is 6.04 Å². The van der Waals surface area contributed by atoms with Gasteiger partial charge in [0.25, 0.3) is 5.56 Å². The van der Waals surface area contributed by atoms with Crippen LogP contribution in [0.5, 0.6) is 0 Å². The first kappa shape index (κ1) is 26.1. The van der Waals surface area contributed by atoms with Gasteiger partial charge in [-0.05, 0) is 64.8 Å². The molecule has 5 aromatic rings. The number of hydrogen-bond donors (Lipinski definition) is 1. The number of rotatable bonds is 9. The van der Waals surface area contributed by atoms with Crippen molar-refractivity contribution in [3.8, 4) is 0 Å². The van der Waals surface area contributed by atoms with Gasteiger partial charge in [0, 0.05) is 18.7 Å². The average Bonchev–Trinajstić information content (AvgIpc) is 3.48. The maximum atomic E-state index is 13.9. The van der Waals surface area contributed by atoms with Crippen molar-refractivity contribution in [1.82, 2.24) is 30.1 Å². The van der Waals surface area contributed by atoms with Crippen LogP contribution in [-0.2, 0) is 13.0 Å². The van der Waals surface area contributed by atoms with Crippen LogP contribution in [0.3, 0.4) is 0 Å². The second-order valence-corrected chi connectivity index (χ2v) is 11.0. The molecule has 0 amide bonds. The van der Waals surface area contributed by atoms with Crippen molar-refractivity contribution in [1.29, 1.82) is 0 Å². The summed E-state index contributed by atoms with van der Waals surface area (Å²) < 4.78 is 2.02. The number of para-hydroxylation sites is 1. The first-order chi connectivity index (χ1) is 19.7. The van der Waals surface area contributed by atoms with Crippen molar-refractivity contribution < 1.29 is 0 Å². The first-order valence-corrected chi connectivity index (χ1v) is 14.4. The minimum absolute atomic E-state index is 0.0947. The molecule has 7 nitrogen and oxygen atoms in total. The first-order valence-electron chi connectivity index (χ1n) is 14.4.